The average Bonchev–Trinajstić information content (AvgIpc) is 2.78. The Kier molecular flexibility index (Phi) is 6.10. The van der Waals surface area contributed by atoms with Gasteiger partial charge in [0, 0.05) is 43.3 Å². The van der Waals surface area contributed by atoms with Gasteiger partial charge in [-0.15, -0.1) is 0 Å². The molecule has 0 atom stereocenters. The van der Waals surface area contributed by atoms with Crippen LogP contribution < -0.4 is 10.2 Å². The number of amides is 1. The molecule has 1 amide bonds. The molecule has 0 radical (unpaired) electrons. The molecule has 1 aromatic heterocycles. The van der Waals surface area contributed by atoms with Crippen molar-refractivity contribution in [2.24, 2.45) is 0 Å². The van der Waals surface area contributed by atoms with Crippen molar-refractivity contribution in [1.29, 1.82) is 0 Å². The molecule has 3 aromatic rings. The van der Waals surface area contributed by atoms with Gasteiger partial charge in [-0.05, 0) is 55.4 Å². The van der Waals surface area contributed by atoms with Crippen LogP contribution in [0.3, 0.4) is 0 Å². The number of aryl methyl sites for hydroxylation is 1. The molecule has 30 heavy (non-hydrogen) atoms. The zero-order valence-electron chi connectivity index (χ0n) is 17.6. The molecule has 1 aliphatic rings. The lowest BCUT2D eigenvalue weighted by molar-refractivity contribution is -0.111. The van der Waals surface area contributed by atoms with E-state index in [0.29, 0.717) is 0 Å². The molecule has 4 rings (SSSR count). The summed E-state index contributed by atoms with van der Waals surface area (Å²) in [5.41, 5.74) is 3.92. The van der Waals surface area contributed by atoms with Gasteiger partial charge in [0.15, 0.2) is 0 Å². The first kappa shape index (κ1) is 20.1. The van der Waals surface area contributed by atoms with E-state index >= 15 is 0 Å². The Hall–Kier alpha value is -3.18. The van der Waals surface area contributed by atoms with Crippen molar-refractivity contribution in [2.45, 2.75) is 13.8 Å². The smallest absolute Gasteiger partial charge is 0.248 e. The molecule has 0 spiro atoms. The summed E-state index contributed by atoms with van der Waals surface area (Å²) in [6.45, 7) is 9.53. The molecule has 154 valence electrons. The van der Waals surface area contributed by atoms with E-state index in [1.165, 1.54) is 5.56 Å². The summed E-state index contributed by atoms with van der Waals surface area (Å²) in [4.78, 5) is 21.9. The predicted molar refractivity (Wildman–Crippen MR) is 125 cm³/mol. The number of anilines is 2. The summed E-state index contributed by atoms with van der Waals surface area (Å²) in [6.07, 6.45) is 3.38. The molecule has 1 fully saturated rings. The Morgan fingerprint density at radius 3 is 2.53 bits per heavy atom. The van der Waals surface area contributed by atoms with Crippen molar-refractivity contribution in [2.75, 3.05) is 42.9 Å². The van der Waals surface area contributed by atoms with Gasteiger partial charge in [0.1, 0.15) is 5.82 Å². The Bertz CT molecular complexity index is 1050. The second-order valence-electron chi connectivity index (χ2n) is 7.73. The number of fused-ring (bicyclic) bond motifs is 1. The van der Waals surface area contributed by atoms with E-state index in [-0.39, 0.29) is 5.91 Å². The number of nitrogens with one attached hydrogen (secondary N) is 1. The third kappa shape index (κ3) is 4.86. The van der Waals surface area contributed by atoms with Crippen LogP contribution in [0.4, 0.5) is 11.5 Å². The van der Waals surface area contributed by atoms with Crippen molar-refractivity contribution in [3.63, 3.8) is 0 Å². The third-order valence-electron chi connectivity index (χ3n) is 5.59. The number of hydrogen-bond acceptors (Lipinski definition) is 4. The Labute approximate surface area is 178 Å². The molecule has 0 saturated carbocycles. The van der Waals surface area contributed by atoms with E-state index in [4.69, 9.17) is 4.98 Å². The highest BCUT2D eigenvalue weighted by Crippen LogP contribution is 2.22. The number of aromatic nitrogens is 1. The van der Waals surface area contributed by atoms with Crippen LogP contribution in [-0.2, 0) is 4.79 Å². The minimum atomic E-state index is -0.145. The molecular weight excluding hydrogens is 372 g/mol. The largest absolute Gasteiger partial charge is 0.354 e. The van der Waals surface area contributed by atoms with Crippen LogP contribution in [0.5, 0.6) is 0 Å². The maximum absolute atomic E-state index is 12.3. The normalized spacial score (nSPS) is 15.1. The summed E-state index contributed by atoms with van der Waals surface area (Å²) in [7, 11) is 0. The molecule has 1 N–H and O–H groups in total. The van der Waals surface area contributed by atoms with Crippen LogP contribution in [0, 0.1) is 6.92 Å². The van der Waals surface area contributed by atoms with Crippen molar-refractivity contribution in [1.82, 2.24) is 9.88 Å². The van der Waals surface area contributed by atoms with E-state index in [0.717, 1.165) is 60.7 Å². The molecule has 1 saturated heterocycles. The fourth-order valence-corrected chi connectivity index (χ4v) is 3.70. The van der Waals surface area contributed by atoms with E-state index in [9.17, 15) is 4.79 Å². The lowest BCUT2D eigenvalue weighted by Gasteiger charge is -2.34. The van der Waals surface area contributed by atoms with Gasteiger partial charge in [0.25, 0.3) is 0 Å². The maximum atomic E-state index is 12.3. The van der Waals surface area contributed by atoms with E-state index in [2.05, 4.69) is 34.2 Å². The minimum absolute atomic E-state index is 0.145. The number of carbonyl (C=O) groups excluding carboxylic acids is 1. The monoisotopic (exact) mass is 400 g/mol. The van der Waals surface area contributed by atoms with Gasteiger partial charge in [-0.1, -0.05) is 36.8 Å². The maximum Gasteiger partial charge on any atom is 0.248 e. The number of pyridine rings is 1. The third-order valence-corrected chi connectivity index (χ3v) is 5.59. The lowest BCUT2D eigenvalue weighted by Crippen LogP contribution is -2.46. The molecule has 5 heteroatoms. The zero-order chi connectivity index (χ0) is 20.9. The highest BCUT2D eigenvalue weighted by Gasteiger charge is 2.16. The molecule has 0 aliphatic carbocycles. The molecule has 1 aliphatic heterocycles. The van der Waals surface area contributed by atoms with Gasteiger partial charge in [-0.3, -0.25) is 4.79 Å². The number of nitrogens with zero attached hydrogens (tertiary/aromatic N) is 3. The number of rotatable bonds is 5. The van der Waals surface area contributed by atoms with Gasteiger partial charge >= 0.3 is 0 Å². The zero-order valence-corrected chi connectivity index (χ0v) is 17.6. The number of benzene rings is 2. The van der Waals surface area contributed by atoms with Gasteiger partial charge in [-0.25, -0.2) is 4.98 Å². The van der Waals surface area contributed by atoms with E-state index < -0.39 is 0 Å². The molecule has 5 nitrogen and oxygen atoms in total. The van der Waals surface area contributed by atoms with E-state index in [1.54, 1.807) is 6.08 Å². The van der Waals surface area contributed by atoms with Crippen LogP contribution in [0.2, 0.25) is 0 Å². The molecule has 0 bridgehead atoms. The predicted octanol–water partition coefficient (Wildman–Crippen LogP) is 4.34. The number of hydrogen-bond donors (Lipinski definition) is 1. The fraction of sp³-hybridized carbons (Fsp3) is 0.280. The molecule has 2 heterocycles. The van der Waals surface area contributed by atoms with E-state index in [1.807, 2.05) is 55.5 Å². The quantitative estimate of drug-likeness (QED) is 0.648. The lowest BCUT2D eigenvalue weighted by atomic mass is 10.1. The summed E-state index contributed by atoms with van der Waals surface area (Å²) in [5, 5.41) is 3.96. The molecule has 2 aromatic carbocycles. The van der Waals surface area contributed by atoms with Crippen LogP contribution in [0.1, 0.15) is 18.1 Å². The van der Waals surface area contributed by atoms with Crippen LogP contribution >= 0.6 is 0 Å². The van der Waals surface area contributed by atoms with Crippen molar-refractivity contribution in [3.05, 3.63) is 71.8 Å². The molecular formula is C25H28N4O. The SMILES string of the molecule is CCN1CCN(c2ccc3cc(NC(=O)/C=C/c4ccc(C)cc4)ccc3n2)CC1. The summed E-state index contributed by atoms with van der Waals surface area (Å²) in [6, 6.07) is 18.1. The van der Waals surface area contributed by atoms with Gasteiger partial charge in [0.2, 0.25) is 5.91 Å². The Morgan fingerprint density at radius 1 is 1.03 bits per heavy atom. The summed E-state index contributed by atoms with van der Waals surface area (Å²) < 4.78 is 0. The minimum Gasteiger partial charge on any atom is -0.354 e. The van der Waals surface area contributed by atoms with Crippen LogP contribution in [0.15, 0.2) is 60.7 Å². The second-order valence-corrected chi connectivity index (χ2v) is 7.73. The van der Waals surface area contributed by atoms with Gasteiger partial charge in [-0.2, -0.15) is 0 Å². The summed E-state index contributed by atoms with van der Waals surface area (Å²) >= 11 is 0. The standard InChI is InChI=1S/C25H28N4O/c1-3-28-14-16-29(17-15-28)24-12-9-21-18-22(10-11-23(21)27-24)26-25(30)13-8-20-6-4-19(2)5-7-20/h4-13,18H,3,14-17H2,1-2H3,(H,26,30)/b13-8+. The Balaban J connectivity index is 1.42. The average molecular weight is 401 g/mol. The number of likely N-dealkylation sites (N-methyl/N-ethyl adjacent to an activating group) is 1. The first-order chi connectivity index (χ1) is 14.6. The van der Waals surface area contributed by atoms with Crippen LogP contribution in [0.25, 0.3) is 17.0 Å². The Morgan fingerprint density at radius 2 is 1.80 bits per heavy atom. The highest BCUT2D eigenvalue weighted by molar-refractivity contribution is 6.03. The summed E-state index contributed by atoms with van der Waals surface area (Å²) in [5.74, 6) is 0.879. The van der Waals surface area contributed by atoms with Crippen molar-refractivity contribution >= 4 is 34.4 Å². The first-order valence-corrected chi connectivity index (χ1v) is 10.5. The molecule has 0 unspecified atom stereocenters. The number of piperazine rings is 1. The van der Waals surface area contributed by atoms with Gasteiger partial charge < -0.3 is 15.1 Å². The first-order valence-electron chi connectivity index (χ1n) is 10.5. The number of carbonyl (C=O) groups is 1. The topological polar surface area (TPSA) is 48.5 Å². The fourth-order valence-electron chi connectivity index (χ4n) is 3.70. The van der Waals surface area contributed by atoms with Gasteiger partial charge in [0.05, 0.1) is 5.52 Å². The second kappa shape index (κ2) is 9.09. The van der Waals surface area contributed by atoms with Crippen LogP contribution in [-0.4, -0.2) is 48.5 Å². The highest BCUT2D eigenvalue weighted by atomic mass is 16.1. The van der Waals surface area contributed by atoms with Crippen molar-refractivity contribution < 1.29 is 4.79 Å². The van der Waals surface area contributed by atoms with Crippen molar-refractivity contribution in [3.8, 4) is 0 Å².